The van der Waals surface area contributed by atoms with Crippen LogP contribution in [0.15, 0.2) is 18.2 Å². The third-order valence-corrected chi connectivity index (χ3v) is 10.1. The second-order valence-corrected chi connectivity index (χ2v) is 13.9. The SMILES string of the molecule is COC(CCC(C)[C@H]1O[C@@]23CC(OC(=O)CC(C(C)O)OC(=O)C[C@](O)(O2)[C@H](C)CC3(C)C)[C@@H]1C)c1ccc(Cl)c(O)c1. The first kappa shape index (κ1) is 33.9. The molecule has 3 aliphatic heterocycles. The molecule has 0 aromatic heterocycles. The summed E-state index contributed by atoms with van der Waals surface area (Å²) >= 11 is 6.00. The van der Waals surface area contributed by atoms with Gasteiger partial charge in [0.05, 0.1) is 36.2 Å². The zero-order valence-corrected chi connectivity index (χ0v) is 26.9. The molecule has 242 valence electrons. The van der Waals surface area contributed by atoms with Gasteiger partial charge in [-0.25, -0.2) is 0 Å². The molecule has 11 heteroatoms. The van der Waals surface area contributed by atoms with Crippen molar-refractivity contribution in [2.45, 2.75) is 122 Å². The van der Waals surface area contributed by atoms with Gasteiger partial charge in [0.15, 0.2) is 11.6 Å². The van der Waals surface area contributed by atoms with Gasteiger partial charge in [-0.05, 0) is 49.8 Å². The molecular weight excluding hydrogens is 580 g/mol. The van der Waals surface area contributed by atoms with Crippen molar-refractivity contribution in [1.29, 1.82) is 0 Å². The Morgan fingerprint density at radius 2 is 1.79 bits per heavy atom. The number of rotatable bonds is 7. The van der Waals surface area contributed by atoms with Crippen LogP contribution in [-0.4, -0.2) is 70.4 Å². The summed E-state index contributed by atoms with van der Waals surface area (Å²) in [4.78, 5) is 26.1. The number of phenols is 1. The zero-order chi connectivity index (χ0) is 31.9. The van der Waals surface area contributed by atoms with Crippen LogP contribution in [0.5, 0.6) is 5.75 Å². The minimum Gasteiger partial charge on any atom is -0.506 e. The molecular formula is C32H47ClO10. The summed E-state index contributed by atoms with van der Waals surface area (Å²) in [6.07, 6.45) is -2.49. The smallest absolute Gasteiger partial charge is 0.311 e. The number of hydrogen-bond acceptors (Lipinski definition) is 10. The molecule has 1 aromatic rings. The van der Waals surface area contributed by atoms with Crippen molar-refractivity contribution in [3.8, 4) is 5.75 Å². The van der Waals surface area contributed by atoms with Crippen molar-refractivity contribution in [3.05, 3.63) is 28.8 Å². The number of fused-ring (bicyclic) bond motifs is 2. The van der Waals surface area contributed by atoms with Gasteiger partial charge in [0.1, 0.15) is 18.0 Å². The summed E-state index contributed by atoms with van der Waals surface area (Å²) in [5, 5.41) is 32.4. The highest BCUT2D eigenvalue weighted by molar-refractivity contribution is 6.32. The van der Waals surface area contributed by atoms with E-state index in [2.05, 4.69) is 6.92 Å². The Hall–Kier alpha value is -1.95. The Morgan fingerprint density at radius 3 is 2.42 bits per heavy atom. The van der Waals surface area contributed by atoms with E-state index in [1.54, 1.807) is 19.2 Å². The maximum atomic E-state index is 13.2. The summed E-state index contributed by atoms with van der Waals surface area (Å²) in [5.74, 6) is -5.40. The fourth-order valence-corrected chi connectivity index (χ4v) is 7.09. The van der Waals surface area contributed by atoms with Crippen LogP contribution in [-0.2, 0) is 33.3 Å². The molecule has 1 aromatic carbocycles. The Labute approximate surface area is 258 Å². The molecule has 3 fully saturated rings. The standard InChI is InChI=1S/C32H47ClO10/c1-17(8-11-24(39-7)21-9-10-22(33)23(35)12-21)29-19(3)26-15-32(42-29)30(5,6)14-18(2)31(38,43-32)16-28(37)40-25(20(4)34)13-27(36)41-26/h9-10,12,17-20,24-26,29,34-35,38H,8,11,13-16H2,1-7H3/t17?,18-,19+,20?,24?,25?,26?,29-,31+,32+/m1/s1. The molecule has 3 aliphatic rings. The van der Waals surface area contributed by atoms with Crippen molar-refractivity contribution in [1.82, 2.24) is 0 Å². The molecule has 3 N–H and O–H groups in total. The molecule has 10 atom stereocenters. The number of methoxy groups -OCH3 is 1. The summed E-state index contributed by atoms with van der Waals surface area (Å²) in [7, 11) is 1.61. The van der Waals surface area contributed by atoms with Crippen LogP contribution >= 0.6 is 11.6 Å². The van der Waals surface area contributed by atoms with Crippen LogP contribution in [0.3, 0.4) is 0 Å². The van der Waals surface area contributed by atoms with Gasteiger partial charge < -0.3 is 39.0 Å². The number of cyclic esters (lactones) is 1. The van der Waals surface area contributed by atoms with Crippen molar-refractivity contribution < 1.29 is 48.6 Å². The van der Waals surface area contributed by atoms with Gasteiger partial charge in [0.2, 0.25) is 0 Å². The van der Waals surface area contributed by atoms with E-state index >= 15 is 0 Å². The normalized spacial score (nSPS) is 36.7. The lowest BCUT2D eigenvalue weighted by molar-refractivity contribution is -0.452. The van der Waals surface area contributed by atoms with E-state index in [0.29, 0.717) is 19.3 Å². The predicted octanol–water partition coefficient (Wildman–Crippen LogP) is 5.04. The average Bonchev–Trinajstić information content (AvgIpc) is 2.90. The number of carbonyl (C=O) groups excluding carboxylic acids is 2. The molecule has 1 spiro atoms. The van der Waals surface area contributed by atoms with Crippen molar-refractivity contribution in [2.75, 3.05) is 7.11 Å². The quantitative estimate of drug-likeness (QED) is 0.353. The number of halogens is 1. The summed E-state index contributed by atoms with van der Waals surface area (Å²) in [5.41, 5.74) is 0.176. The number of benzene rings is 1. The van der Waals surface area contributed by atoms with Gasteiger partial charge in [0, 0.05) is 30.8 Å². The van der Waals surface area contributed by atoms with E-state index in [0.717, 1.165) is 5.56 Å². The molecule has 3 bridgehead atoms. The van der Waals surface area contributed by atoms with Gasteiger partial charge in [0.25, 0.3) is 0 Å². The van der Waals surface area contributed by atoms with Gasteiger partial charge >= 0.3 is 11.9 Å². The molecule has 5 unspecified atom stereocenters. The second-order valence-electron chi connectivity index (χ2n) is 13.5. The number of hydrogen-bond donors (Lipinski definition) is 3. The van der Waals surface area contributed by atoms with Crippen LogP contribution in [0.25, 0.3) is 0 Å². The first-order valence-electron chi connectivity index (χ1n) is 15.2. The summed E-state index contributed by atoms with van der Waals surface area (Å²) < 4.78 is 30.6. The van der Waals surface area contributed by atoms with Crippen LogP contribution < -0.4 is 0 Å². The zero-order valence-electron chi connectivity index (χ0n) is 26.2. The van der Waals surface area contributed by atoms with E-state index in [9.17, 15) is 24.9 Å². The van der Waals surface area contributed by atoms with Crippen LogP contribution in [0.2, 0.25) is 5.02 Å². The fourth-order valence-electron chi connectivity index (χ4n) is 6.98. The van der Waals surface area contributed by atoms with Crippen LogP contribution in [0.1, 0.15) is 91.7 Å². The molecule has 0 aliphatic carbocycles. The third kappa shape index (κ3) is 6.99. The minimum absolute atomic E-state index is 0.0154. The topological polar surface area (TPSA) is 141 Å². The monoisotopic (exact) mass is 626 g/mol. The number of ether oxygens (including phenoxy) is 5. The van der Waals surface area contributed by atoms with Gasteiger partial charge in [-0.3, -0.25) is 9.59 Å². The van der Waals surface area contributed by atoms with Crippen molar-refractivity contribution in [2.24, 2.45) is 23.2 Å². The number of aromatic hydroxyl groups is 1. The maximum absolute atomic E-state index is 13.2. The highest BCUT2D eigenvalue weighted by atomic mass is 35.5. The largest absolute Gasteiger partial charge is 0.506 e. The van der Waals surface area contributed by atoms with Crippen LogP contribution in [0, 0.1) is 23.2 Å². The molecule has 3 saturated heterocycles. The second kappa shape index (κ2) is 12.8. The van der Waals surface area contributed by atoms with E-state index in [1.807, 2.05) is 33.8 Å². The number of esters is 2. The van der Waals surface area contributed by atoms with Crippen molar-refractivity contribution >= 4 is 23.5 Å². The molecule has 10 nitrogen and oxygen atoms in total. The van der Waals surface area contributed by atoms with E-state index in [4.69, 9.17) is 35.3 Å². The lowest BCUT2D eigenvalue weighted by Crippen LogP contribution is -2.68. The molecule has 0 amide bonds. The highest BCUT2D eigenvalue weighted by Gasteiger charge is 2.64. The Bertz CT molecular complexity index is 1170. The molecule has 3 heterocycles. The molecule has 0 radical (unpaired) electrons. The van der Waals surface area contributed by atoms with Gasteiger partial charge in [-0.15, -0.1) is 0 Å². The van der Waals surface area contributed by atoms with Crippen molar-refractivity contribution in [3.63, 3.8) is 0 Å². The van der Waals surface area contributed by atoms with E-state index in [-0.39, 0.29) is 41.6 Å². The summed E-state index contributed by atoms with van der Waals surface area (Å²) in [6, 6.07) is 5.05. The summed E-state index contributed by atoms with van der Waals surface area (Å²) in [6.45, 7) is 11.3. The Morgan fingerprint density at radius 1 is 1.09 bits per heavy atom. The Kier molecular flexibility index (Phi) is 10.1. The number of aliphatic hydroxyl groups excluding tert-OH is 1. The fraction of sp³-hybridized carbons (Fsp3) is 0.750. The molecule has 4 rings (SSSR count). The van der Waals surface area contributed by atoms with Gasteiger partial charge in [-0.2, -0.15) is 0 Å². The van der Waals surface area contributed by atoms with E-state index < -0.39 is 65.7 Å². The Balaban J connectivity index is 1.66. The number of aliphatic hydroxyl groups is 2. The number of carbonyl (C=O) groups is 2. The van der Waals surface area contributed by atoms with E-state index in [1.165, 1.54) is 6.92 Å². The lowest BCUT2D eigenvalue weighted by atomic mass is 9.66. The molecule has 0 saturated carbocycles. The minimum atomic E-state index is -1.89. The number of phenolic OH excluding ortho intramolecular Hbond substituents is 1. The van der Waals surface area contributed by atoms with Crippen LogP contribution in [0.4, 0.5) is 0 Å². The first-order valence-corrected chi connectivity index (χ1v) is 15.6. The average molecular weight is 627 g/mol. The predicted molar refractivity (Wildman–Crippen MR) is 157 cm³/mol. The lowest BCUT2D eigenvalue weighted by Gasteiger charge is -2.61. The first-order chi connectivity index (χ1) is 20.0. The molecule has 43 heavy (non-hydrogen) atoms. The van der Waals surface area contributed by atoms with Gasteiger partial charge in [-0.1, -0.05) is 52.3 Å². The maximum Gasteiger partial charge on any atom is 0.311 e. The third-order valence-electron chi connectivity index (χ3n) is 9.80. The highest BCUT2D eigenvalue weighted by Crippen LogP contribution is 2.57.